The van der Waals surface area contributed by atoms with E-state index in [-0.39, 0.29) is 0 Å². The fourth-order valence-corrected chi connectivity index (χ4v) is 8.64. The molecule has 4 saturated carbocycles. The van der Waals surface area contributed by atoms with Crippen LogP contribution < -0.4 is 0 Å². The van der Waals surface area contributed by atoms with E-state index in [4.69, 9.17) is 5.11 Å². The second kappa shape index (κ2) is 7.76. The van der Waals surface area contributed by atoms with Crippen molar-refractivity contribution in [2.45, 2.75) is 111 Å². The summed E-state index contributed by atoms with van der Waals surface area (Å²) in [6.07, 6.45) is 19.8. The first-order chi connectivity index (χ1) is 12.4. The molecule has 7 atom stereocenters. The third-order valence-corrected chi connectivity index (χ3v) is 10.4. The van der Waals surface area contributed by atoms with E-state index in [1.165, 1.54) is 51.4 Å². The van der Waals surface area contributed by atoms with Crippen molar-refractivity contribution in [3.8, 4) is 0 Å². The number of aliphatic hydroxyl groups is 1. The minimum Gasteiger partial charge on any atom is -0.400 e. The first-order valence-corrected chi connectivity index (χ1v) is 11.9. The predicted molar refractivity (Wildman–Crippen MR) is 112 cm³/mol. The number of unbranched alkanes of at least 4 members (excludes halogenated alkanes) is 1. The van der Waals surface area contributed by atoms with Crippen molar-refractivity contribution in [3.05, 3.63) is 0 Å². The largest absolute Gasteiger partial charge is 0.400 e. The summed E-state index contributed by atoms with van der Waals surface area (Å²) in [6, 6.07) is 0. The fourth-order valence-electron chi connectivity index (χ4n) is 8.64. The summed E-state index contributed by atoms with van der Waals surface area (Å²) in [5.41, 5.74) is 2.03. The molecule has 4 fully saturated rings. The zero-order chi connectivity index (χ0) is 19.0. The summed E-state index contributed by atoms with van der Waals surface area (Å²) in [4.78, 5) is 0. The molecule has 0 aromatic carbocycles. The second-order valence-corrected chi connectivity index (χ2v) is 11.1. The summed E-state index contributed by atoms with van der Waals surface area (Å²) in [5.74, 6) is 4.25. The molecule has 0 saturated heterocycles. The molecule has 0 radical (unpaired) electrons. The predicted octanol–water partition coefficient (Wildman–Crippen LogP) is 7.22. The van der Waals surface area contributed by atoms with Crippen molar-refractivity contribution in [1.82, 2.24) is 0 Å². The summed E-state index contributed by atoms with van der Waals surface area (Å²) in [6.45, 7) is 10.5. The van der Waals surface area contributed by atoms with Crippen LogP contribution >= 0.6 is 0 Å². The lowest BCUT2D eigenvalue weighted by atomic mass is 9.40. The van der Waals surface area contributed by atoms with Gasteiger partial charge in [0, 0.05) is 7.11 Å². The Hall–Kier alpha value is -0.0400. The van der Waals surface area contributed by atoms with Crippen molar-refractivity contribution >= 4 is 0 Å². The highest BCUT2D eigenvalue weighted by Crippen LogP contribution is 2.70. The summed E-state index contributed by atoms with van der Waals surface area (Å²) in [7, 11) is 1.00. The van der Waals surface area contributed by atoms with E-state index in [1.54, 1.807) is 32.1 Å². The van der Waals surface area contributed by atoms with Gasteiger partial charge in [-0.3, -0.25) is 0 Å². The molecule has 0 heterocycles. The molecular weight excluding hydrogens is 316 g/mol. The molecule has 4 aliphatic carbocycles. The Bertz CT molecular complexity index is 473. The van der Waals surface area contributed by atoms with Crippen molar-refractivity contribution in [2.24, 2.45) is 39.9 Å². The van der Waals surface area contributed by atoms with Gasteiger partial charge in [-0.05, 0) is 97.7 Å². The van der Waals surface area contributed by atoms with Crippen molar-refractivity contribution < 1.29 is 5.11 Å². The van der Waals surface area contributed by atoms with Gasteiger partial charge >= 0.3 is 0 Å². The van der Waals surface area contributed by atoms with Gasteiger partial charge in [-0.2, -0.15) is 0 Å². The Kier molecular flexibility index (Phi) is 6.18. The molecule has 0 amide bonds. The standard InChI is InChI=1S/C24H42.CH4O/c1-5-6-9-18-10-11-20-19-12-16-22(2)14-7-8-15-24(22,4)21(19)13-17-23(18,20)3;1-2/h18-21H,5-17H2,1-4H3;2H,1H3. The Morgan fingerprint density at radius 2 is 1.54 bits per heavy atom. The van der Waals surface area contributed by atoms with Gasteiger partial charge < -0.3 is 5.11 Å². The molecule has 0 aliphatic heterocycles. The summed E-state index contributed by atoms with van der Waals surface area (Å²) in [5, 5.41) is 7.00. The number of hydrogen-bond acceptors (Lipinski definition) is 1. The lowest BCUT2D eigenvalue weighted by Gasteiger charge is -2.64. The molecule has 0 bridgehead atoms. The monoisotopic (exact) mass is 362 g/mol. The SMILES string of the molecule is CCCCC1CCC2C3CCC4(C)CCCCC4(C)C3CCC12C.CO. The first kappa shape index (κ1) is 20.7. The molecule has 152 valence electrons. The molecule has 1 heteroatoms. The molecule has 1 N–H and O–H groups in total. The quantitative estimate of drug-likeness (QED) is 0.561. The van der Waals surface area contributed by atoms with Crippen molar-refractivity contribution in [2.75, 3.05) is 7.11 Å². The second-order valence-electron chi connectivity index (χ2n) is 11.1. The maximum Gasteiger partial charge on any atom is 0.0319 e. The Morgan fingerprint density at radius 3 is 2.27 bits per heavy atom. The molecule has 26 heavy (non-hydrogen) atoms. The van der Waals surface area contributed by atoms with Crippen molar-refractivity contribution in [3.63, 3.8) is 0 Å². The highest BCUT2D eigenvalue weighted by Gasteiger charge is 2.62. The van der Waals surface area contributed by atoms with Gasteiger partial charge in [-0.25, -0.2) is 0 Å². The molecule has 0 spiro atoms. The van der Waals surface area contributed by atoms with Crippen LogP contribution in [0.3, 0.4) is 0 Å². The topological polar surface area (TPSA) is 20.2 Å². The molecule has 4 aliphatic rings. The van der Waals surface area contributed by atoms with Crippen LogP contribution in [0.5, 0.6) is 0 Å². The number of aliphatic hydroxyl groups excluding tert-OH is 1. The van der Waals surface area contributed by atoms with Crippen LogP contribution in [-0.2, 0) is 0 Å². The Labute approximate surface area is 163 Å². The fraction of sp³-hybridized carbons (Fsp3) is 1.00. The van der Waals surface area contributed by atoms with Crippen LogP contribution in [0.2, 0.25) is 0 Å². The average Bonchev–Trinajstić information content (AvgIpc) is 2.98. The van der Waals surface area contributed by atoms with E-state index in [2.05, 4.69) is 27.7 Å². The zero-order valence-corrected chi connectivity index (χ0v) is 18.4. The van der Waals surface area contributed by atoms with E-state index in [1.807, 2.05) is 0 Å². The molecule has 4 rings (SSSR count). The summed E-state index contributed by atoms with van der Waals surface area (Å²) < 4.78 is 0. The third-order valence-electron chi connectivity index (χ3n) is 10.4. The average molecular weight is 363 g/mol. The van der Waals surface area contributed by atoms with Gasteiger partial charge in [0.1, 0.15) is 0 Å². The molecule has 0 aromatic rings. The lowest BCUT2D eigenvalue weighted by Crippen LogP contribution is -2.56. The van der Waals surface area contributed by atoms with Gasteiger partial charge in [0.15, 0.2) is 0 Å². The van der Waals surface area contributed by atoms with Crippen LogP contribution in [0.15, 0.2) is 0 Å². The molecule has 0 aromatic heterocycles. The van der Waals surface area contributed by atoms with Crippen LogP contribution in [0, 0.1) is 39.9 Å². The maximum absolute atomic E-state index is 7.00. The summed E-state index contributed by atoms with van der Waals surface area (Å²) >= 11 is 0. The van der Waals surface area contributed by atoms with E-state index >= 15 is 0 Å². The lowest BCUT2D eigenvalue weighted by molar-refractivity contribution is -0.152. The van der Waals surface area contributed by atoms with E-state index in [0.29, 0.717) is 16.2 Å². The first-order valence-electron chi connectivity index (χ1n) is 11.9. The Morgan fingerprint density at radius 1 is 0.808 bits per heavy atom. The zero-order valence-electron chi connectivity index (χ0n) is 18.4. The van der Waals surface area contributed by atoms with Gasteiger partial charge in [0.05, 0.1) is 0 Å². The third kappa shape index (κ3) is 2.99. The van der Waals surface area contributed by atoms with E-state index in [9.17, 15) is 0 Å². The van der Waals surface area contributed by atoms with Crippen LogP contribution in [0.25, 0.3) is 0 Å². The molecular formula is C25H46O. The van der Waals surface area contributed by atoms with E-state index in [0.717, 1.165) is 30.8 Å². The smallest absolute Gasteiger partial charge is 0.0319 e. The van der Waals surface area contributed by atoms with Crippen molar-refractivity contribution in [1.29, 1.82) is 0 Å². The Balaban J connectivity index is 0.000000948. The number of rotatable bonds is 3. The number of fused-ring (bicyclic) bond motifs is 5. The van der Waals surface area contributed by atoms with Gasteiger partial charge in [-0.1, -0.05) is 53.4 Å². The van der Waals surface area contributed by atoms with Gasteiger partial charge in [-0.15, -0.1) is 0 Å². The van der Waals surface area contributed by atoms with E-state index < -0.39 is 0 Å². The highest BCUT2D eigenvalue weighted by atomic mass is 16.2. The normalized spacial score (nSPS) is 50.1. The van der Waals surface area contributed by atoms with Crippen LogP contribution in [0.1, 0.15) is 111 Å². The maximum atomic E-state index is 7.00. The van der Waals surface area contributed by atoms with Crippen LogP contribution in [0.4, 0.5) is 0 Å². The molecule has 1 nitrogen and oxygen atoms in total. The minimum atomic E-state index is 0.664. The van der Waals surface area contributed by atoms with Gasteiger partial charge in [0.25, 0.3) is 0 Å². The van der Waals surface area contributed by atoms with Crippen LogP contribution in [-0.4, -0.2) is 12.2 Å². The van der Waals surface area contributed by atoms with Gasteiger partial charge in [0.2, 0.25) is 0 Å². The highest BCUT2D eigenvalue weighted by molar-refractivity contribution is 5.11. The minimum absolute atomic E-state index is 0.664. The molecule has 7 unspecified atom stereocenters. The number of hydrogen-bond donors (Lipinski definition) is 1.